The summed E-state index contributed by atoms with van der Waals surface area (Å²) in [6.07, 6.45) is 3.96. The predicted octanol–water partition coefficient (Wildman–Crippen LogP) is 8.40. The smallest absolute Gasteiger partial charge is 0.0923 e. The fourth-order valence-corrected chi connectivity index (χ4v) is 4.37. The number of hydrogen-bond donors (Lipinski definition) is 1. The highest BCUT2D eigenvalue weighted by Gasteiger charge is 2.18. The number of aliphatic hydroxyl groups excluding tert-OH is 1. The molecule has 0 aliphatic rings. The van der Waals surface area contributed by atoms with Gasteiger partial charge in [-0.25, -0.2) is 0 Å². The number of rotatable bonds is 10. The first-order valence-electron chi connectivity index (χ1n) is 11.0. The lowest BCUT2D eigenvalue weighted by atomic mass is 9.94. The molecule has 0 aromatic heterocycles. The van der Waals surface area contributed by atoms with Gasteiger partial charge in [0.1, 0.15) is 0 Å². The van der Waals surface area contributed by atoms with E-state index in [0.717, 1.165) is 66.2 Å². The van der Waals surface area contributed by atoms with Gasteiger partial charge in [-0.1, -0.05) is 73.6 Å². The van der Waals surface area contributed by atoms with Crippen LogP contribution in [-0.4, -0.2) is 29.6 Å². The number of benzene rings is 3. The van der Waals surface area contributed by atoms with Gasteiger partial charge in [0.2, 0.25) is 0 Å². The monoisotopic (exact) mass is 477 g/mol. The lowest BCUT2D eigenvalue weighted by Crippen LogP contribution is -2.30. The standard InChI is InChI=1S/C26H30Cl3NO/c1-3-5-11-30(12-6-4-2)17-26(31)23-15-19(18-7-10-24(28)25(29)16-18)13-20-14-21(27)8-9-22(20)23/h7-10,13-16,26,31H,3-6,11-12,17H2,1-2H3/t26-/m1/s1. The third kappa shape index (κ3) is 6.37. The molecule has 0 bridgehead atoms. The van der Waals surface area contributed by atoms with Crippen LogP contribution < -0.4 is 0 Å². The molecule has 1 atom stereocenters. The van der Waals surface area contributed by atoms with Gasteiger partial charge in [0, 0.05) is 11.6 Å². The Morgan fingerprint density at radius 2 is 1.52 bits per heavy atom. The van der Waals surface area contributed by atoms with Crippen molar-refractivity contribution in [1.82, 2.24) is 4.90 Å². The van der Waals surface area contributed by atoms with Gasteiger partial charge in [0.05, 0.1) is 16.1 Å². The van der Waals surface area contributed by atoms with E-state index in [-0.39, 0.29) is 0 Å². The Morgan fingerprint density at radius 1 is 0.806 bits per heavy atom. The minimum Gasteiger partial charge on any atom is -0.387 e. The van der Waals surface area contributed by atoms with E-state index in [1.165, 1.54) is 0 Å². The Balaban J connectivity index is 2.01. The fourth-order valence-electron chi connectivity index (χ4n) is 3.89. The second kappa shape index (κ2) is 11.5. The summed E-state index contributed by atoms with van der Waals surface area (Å²) in [4.78, 5) is 2.38. The molecule has 166 valence electrons. The van der Waals surface area contributed by atoms with Crippen LogP contribution in [0.3, 0.4) is 0 Å². The van der Waals surface area contributed by atoms with Crippen LogP contribution in [0.2, 0.25) is 15.1 Å². The largest absolute Gasteiger partial charge is 0.387 e. The van der Waals surface area contributed by atoms with Crippen LogP contribution in [0.25, 0.3) is 21.9 Å². The first-order valence-corrected chi connectivity index (χ1v) is 12.1. The molecule has 31 heavy (non-hydrogen) atoms. The number of hydrogen-bond acceptors (Lipinski definition) is 2. The first kappa shape index (κ1) is 24.4. The van der Waals surface area contributed by atoms with Crippen molar-refractivity contribution in [2.45, 2.75) is 45.6 Å². The van der Waals surface area contributed by atoms with E-state index in [2.05, 4.69) is 30.9 Å². The molecule has 1 N–H and O–H groups in total. The van der Waals surface area contributed by atoms with Gasteiger partial charge in [-0.15, -0.1) is 0 Å². The highest BCUT2D eigenvalue weighted by molar-refractivity contribution is 6.42. The molecule has 0 heterocycles. The van der Waals surface area contributed by atoms with Crippen molar-refractivity contribution in [2.24, 2.45) is 0 Å². The molecular weight excluding hydrogens is 449 g/mol. The summed E-state index contributed by atoms with van der Waals surface area (Å²) >= 11 is 18.7. The van der Waals surface area contributed by atoms with E-state index in [1.54, 1.807) is 6.07 Å². The Kier molecular flexibility index (Phi) is 9.06. The maximum Gasteiger partial charge on any atom is 0.0923 e. The third-order valence-corrected chi connectivity index (χ3v) is 6.62. The number of aliphatic hydroxyl groups is 1. The molecule has 2 nitrogen and oxygen atoms in total. The molecular formula is C26H30Cl3NO. The normalized spacial score (nSPS) is 12.6. The van der Waals surface area contributed by atoms with Gasteiger partial charge < -0.3 is 10.0 Å². The zero-order chi connectivity index (χ0) is 22.4. The van der Waals surface area contributed by atoms with Crippen LogP contribution in [0.5, 0.6) is 0 Å². The Hall–Kier alpha value is -1.29. The van der Waals surface area contributed by atoms with Gasteiger partial charge in [0.15, 0.2) is 0 Å². The molecule has 0 fully saturated rings. The molecule has 0 spiro atoms. The molecule has 0 amide bonds. The minimum atomic E-state index is -0.597. The molecule has 5 heteroatoms. The molecule has 3 aromatic carbocycles. The van der Waals surface area contributed by atoms with Gasteiger partial charge in [0.25, 0.3) is 0 Å². The molecule has 0 saturated heterocycles. The maximum atomic E-state index is 11.3. The Labute approximate surface area is 200 Å². The van der Waals surface area contributed by atoms with Gasteiger partial charge in [-0.05, 0) is 89.8 Å². The van der Waals surface area contributed by atoms with E-state index in [9.17, 15) is 5.11 Å². The van der Waals surface area contributed by atoms with Gasteiger partial charge in [-0.2, -0.15) is 0 Å². The predicted molar refractivity (Wildman–Crippen MR) is 136 cm³/mol. The fraction of sp³-hybridized carbons (Fsp3) is 0.385. The van der Waals surface area contributed by atoms with Crippen LogP contribution in [0.15, 0.2) is 48.5 Å². The minimum absolute atomic E-state index is 0.512. The zero-order valence-electron chi connectivity index (χ0n) is 18.2. The van der Waals surface area contributed by atoms with Gasteiger partial charge >= 0.3 is 0 Å². The average Bonchev–Trinajstić information content (AvgIpc) is 2.76. The SMILES string of the molecule is CCCCN(CCCC)C[C@@H](O)c1cc(-c2ccc(Cl)c(Cl)c2)cc2cc(Cl)ccc12. The highest BCUT2D eigenvalue weighted by atomic mass is 35.5. The van der Waals surface area contributed by atoms with E-state index in [0.29, 0.717) is 21.6 Å². The first-order chi connectivity index (χ1) is 14.9. The highest BCUT2D eigenvalue weighted by Crippen LogP contribution is 2.35. The van der Waals surface area contributed by atoms with E-state index in [4.69, 9.17) is 34.8 Å². The van der Waals surface area contributed by atoms with Crippen molar-refractivity contribution in [2.75, 3.05) is 19.6 Å². The average molecular weight is 479 g/mol. The van der Waals surface area contributed by atoms with Crippen LogP contribution in [0.4, 0.5) is 0 Å². The summed E-state index contributed by atoms with van der Waals surface area (Å²) in [6, 6.07) is 15.6. The summed E-state index contributed by atoms with van der Waals surface area (Å²) in [6.45, 7) is 7.02. The Morgan fingerprint density at radius 3 is 2.16 bits per heavy atom. The molecule has 0 saturated carbocycles. The third-order valence-electron chi connectivity index (χ3n) is 5.65. The number of fused-ring (bicyclic) bond motifs is 1. The molecule has 3 rings (SSSR count). The summed E-state index contributed by atoms with van der Waals surface area (Å²) in [5, 5.41) is 15.0. The maximum absolute atomic E-state index is 11.3. The molecule has 0 aliphatic carbocycles. The van der Waals surface area contributed by atoms with Crippen LogP contribution in [0.1, 0.15) is 51.2 Å². The summed E-state index contributed by atoms with van der Waals surface area (Å²) in [7, 11) is 0. The van der Waals surface area contributed by atoms with Crippen molar-refractivity contribution in [3.8, 4) is 11.1 Å². The number of halogens is 3. The van der Waals surface area contributed by atoms with E-state index >= 15 is 0 Å². The summed E-state index contributed by atoms with van der Waals surface area (Å²) in [5.74, 6) is 0. The van der Waals surface area contributed by atoms with Crippen molar-refractivity contribution >= 4 is 45.6 Å². The van der Waals surface area contributed by atoms with E-state index < -0.39 is 6.10 Å². The van der Waals surface area contributed by atoms with Crippen LogP contribution in [-0.2, 0) is 0 Å². The number of nitrogens with zero attached hydrogens (tertiary/aromatic N) is 1. The summed E-state index contributed by atoms with van der Waals surface area (Å²) in [5.41, 5.74) is 2.85. The van der Waals surface area contributed by atoms with Crippen LogP contribution >= 0.6 is 34.8 Å². The molecule has 3 aromatic rings. The topological polar surface area (TPSA) is 23.5 Å². The second-order valence-electron chi connectivity index (χ2n) is 8.08. The van der Waals surface area contributed by atoms with Crippen molar-refractivity contribution < 1.29 is 5.11 Å². The van der Waals surface area contributed by atoms with Crippen molar-refractivity contribution in [3.05, 3.63) is 69.2 Å². The van der Waals surface area contributed by atoms with Crippen molar-refractivity contribution in [3.63, 3.8) is 0 Å². The zero-order valence-corrected chi connectivity index (χ0v) is 20.4. The lowest BCUT2D eigenvalue weighted by Gasteiger charge is -2.26. The summed E-state index contributed by atoms with van der Waals surface area (Å²) < 4.78 is 0. The number of unbranched alkanes of at least 4 members (excludes halogenated alkanes) is 2. The quantitative estimate of drug-likeness (QED) is 0.316. The lowest BCUT2D eigenvalue weighted by molar-refractivity contribution is 0.112. The van der Waals surface area contributed by atoms with Crippen LogP contribution in [0, 0.1) is 0 Å². The molecule has 0 unspecified atom stereocenters. The van der Waals surface area contributed by atoms with E-state index in [1.807, 2.05) is 30.3 Å². The van der Waals surface area contributed by atoms with Crippen molar-refractivity contribution in [1.29, 1.82) is 0 Å². The van der Waals surface area contributed by atoms with Gasteiger partial charge in [-0.3, -0.25) is 0 Å². The second-order valence-corrected chi connectivity index (χ2v) is 9.33. The molecule has 0 aliphatic heterocycles. The molecule has 0 radical (unpaired) electrons. The Bertz CT molecular complexity index is 1010.